The van der Waals surface area contributed by atoms with Gasteiger partial charge < -0.3 is 5.73 Å². The molecule has 0 spiro atoms. The summed E-state index contributed by atoms with van der Waals surface area (Å²) in [5, 5.41) is 3.35. The van der Waals surface area contributed by atoms with Gasteiger partial charge in [0.15, 0.2) is 0 Å². The molecule has 3 heteroatoms. The molecule has 0 radical (unpaired) electrons. The normalized spacial score (nSPS) is 28.9. The first kappa shape index (κ1) is 15.0. The Morgan fingerprint density at radius 3 is 2.63 bits per heavy atom. The Bertz CT molecular complexity index is 430. The van der Waals surface area contributed by atoms with Crippen LogP contribution in [-0.4, -0.2) is 4.98 Å². The Kier molecular flexibility index (Phi) is 4.08. The van der Waals surface area contributed by atoms with Crippen molar-refractivity contribution < 1.29 is 0 Å². The molecule has 1 heterocycles. The minimum atomic E-state index is -0.179. The van der Waals surface area contributed by atoms with Gasteiger partial charge in [-0.2, -0.15) is 0 Å². The predicted octanol–water partition coefficient (Wildman–Crippen LogP) is 4.44. The van der Waals surface area contributed by atoms with E-state index in [2.05, 4.69) is 40.0 Å². The highest BCUT2D eigenvalue weighted by Gasteiger charge is 2.38. The minimum Gasteiger partial charge on any atom is -0.319 e. The molecule has 0 aromatic carbocycles. The highest BCUT2D eigenvalue weighted by molar-refractivity contribution is 7.09. The molecule has 1 aromatic heterocycles. The van der Waals surface area contributed by atoms with E-state index in [1.807, 2.05) is 0 Å². The summed E-state index contributed by atoms with van der Waals surface area (Å²) in [6.45, 7) is 11.3. The molecule has 0 saturated heterocycles. The summed E-state index contributed by atoms with van der Waals surface area (Å²) in [4.78, 5) is 4.86. The lowest BCUT2D eigenvalue weighted by Gasteiger charge is -2.38. The zero-order chi connectivity index (χ0) is 14.3. The highest BCUT2D eigenvalue weighted by Crippen LogP contribution is 2.42. The van der Waals surface area contributed by atoms with Crippen LogP contribution >= 0.6 is 11.3 Å². The van der Waals surface area contributed by atoms with E-state index in [4.69, 9.17) is 10.7 Å². The van der Waals surface area contributed by atoms with Gasteiger partial charge in [0.2, 0.25) is 0 Å². The van der Waals surface area contributed by atoms with E-state index in [0.29, 0.717) is 0 Å². The van der Waals surface area contributed by atoms with Gasteiger partial charge in [-0.1, -0.05) is 47.5 Å². The van der Waals surface area contributed by atoms with Gasteiger partial charge in [0.05, 0.1) is 11.2 Å². The molecule has 108 valence electrons. The molecular weight excluding hydrogens is 252 g/mol. The second kappa shape index (κ2) is 5.17. The lowest BCUT2D eigenvalue weighted by Crippen LogP contribution is -2.42. The summed E-state index contributed by atoms with van der Waals surface area (Å²) in [7, 11) is 0. The van der Waals surface area contributed by atoms with E-state index in [9.17, 15) is 0 Å². The van der Waals surface area contributed by atoms with Gasteiger partial charge >= 0.3 is 0 Å². The van der Waals surface area contributed by atoms with Gasteiger partial charge in [0.1, 0.15) is 5.01 Å². The third kappa shape index (κ3) is 3.19. The van der Waals surface area contributed by atoms with Crippen LogP contribution in [0.5, 0.6) is 0 Å². The fourth-order valence-electron chi connectivity index (χ4n) is 2.96. The molecule has 2 unspecified atom stereocenters. The first-order chi connectivity index (χ1) is 8.72. The van der Waals surface area contributed by atoms with Gasteiger partial charge in [-0.15, -0.1) is 11.3 Å². The first-order valence-corrected chi connectivity index (χ1v) is 8.36. The molecule has 1 fully saturated rings. The number of nitrogens with two attached hydrogens (primary N) is 1. The molecule has 2 atom stereocenters. The smallest absolute Gasteiger partial charge is 0.113 e. The fraction of sp³-hybridized carbons (Fsp3) is 0.812. The molecule has 1 aromatic rings. The zero-order valence-electron chi connectivity index (χ0n) is 13.0. The number of hydrogen-bond donors (Lipinski definition) is 1. The van der Waals surface area contributed by atoms with E-state index in [1.165, 1.54) is 18.5 Å². The molecule has 2 rings (SSSR count). The Hall–Kier alpha value is -0.410. The van der Waals surface area contributed by atoms with Crippen LogP contribution in [0.2, 0.25) is 0 Å². The van der Waals surface area contributed by atoms with Gasteiger partial charge in [-0.3, -0.25) is 0 Å². The molecule has 1 aliphatic carbocycles. The molecule has 1 aliphatic rings. The van der Waals surface area contributed by atoms with Crippen LogP contribution in [0.3, 0.4) is 0 Å². The van der Waals surface area contributed by atoms with Crippen LogP contribution in [-0.2, 0) is 11.0 Å². The quantitative estimate of drug-likeness (QED) is 0.869. The summed E-state index contributed by atoms with van der Waals surface area (Å²) >= 11 is 1.76. The molecule has 19 heavy (non-hydrogen) atoms. The molecule has 1 saturated carbocycles. The van der Waals surface area contributed by atoms with Crippen LogP contribution in [0.1, 0.15) is 71.0 Å². The average Bonchev–Trinajstić information content (AvgIpc) is 2.78. The molecule has 0 amide bonds. The van der Waals surface area contributed by atoms with Gasteiger partial charge in [-0.05, 0) is 24.7 Å². The van der Waals surface area contributed by atoms with Crippen LogP contribution in [0, 0.1) is 11.8 Å². The van der Waals surface area contributed by atoms with Crippen molar-refractivity contribution in [2.75, 3.05) is 0 Å². The van der Waals surface area contributed by atoms with Gasteiger partial charge in [0, 0.05) is 10.8 Å². The molecule has 2 N–H and O–H groups in total. The largest absolute Gasteiger partial charge is 0.319 e. The van der Waals surface area contributed by atoms with Crippen molar-refractivity contribution in [3.05, 3.63) is 16.1 Å². The number of thiazole rings is 1. The van der Waals surface area contributed by atoms with Crippen molar-refractivity contribution in [3.8, 4) is 0 Å². The Morgan fingerprint density at radius 2 is 2.11 bits per heavy atom. The maximum atomic E-state index is 6.71. The SMILES string of the molecule is CC(C)C1CCCC(N)(c2nc(C(C)(C)C)cs2)C1. The number of nitrogens with zero attached hydrogens (tertiary/aromatic N) is 1. The van der Waals surface area contributed by atoms with Crippen LogP contribution in [0.4, 0.5) is 0 Å². The Labute approximate surface area is 121 Å². The number of hydrogen-bond acceptors (Lipinski definition) is 3. The molecule has 0 aliphatic heterocycles. The fourth-order valence-corrected chi connectivity index (χ4v) is 4.16. The third-order valence-electron chi connectivity index (χ3n) is 4.47. The lowest BCUT2D eigenvalue weighted by molar-refractivity contribution is 0.183. The summed E-state index contributed by atoms with van der Waals surface area (Å²) in [5.74, 6) is 1.48. The topological polar surface area (TPSA) is 38.9 Å². The van der Waals surface area contributed by atoms with Crippen LogP contribution < -0.4 is 5.73 Å². The minimum absolute atomic E-state index is 0.122. The third-order valence-corrected chi connectivity index (χ3v) is 5.53. The Balaban J connectivity index is 2.22. The monoisotopic (exact) mass is 280 g/mol. The zero-order valence-corrected chi connectivity index (χ0v) is 13.8. The lowest BCUT2D eigenvalue weighted by atomic mass is 9.72. The van der Waals surface area contributed by atoms with E-state index in [1.54, 1.807) is 11.3 Å². The van der Waals surface area contributed by atoms with Crippen molar-refractivity contribution in [3.63, 3.8) is 0 Å². The van der Waals surface area contributed by atoms with Gasteiger partial charge in [-0.25, -0.2) is 4.98 Å². The van der Waals surface area contributed by atoms with Crippen molar-refractivity contribution in [1.29, 1.82) is 0 Å². The van der Waals surface area contributed by atoms with E-state index in [0.717, 1.165) is 29.7 Å². The van der Waals surface area contributed by atoms with Crippen LogP contribution in [0.25, 0.3) is 0 Å². The molecule has 0 bridgehead atoms. The highest BCUT2D eigenvalue weighted by atomic mass is 32.1. The summed E-state index contributed by atoms with van der Waals surface area (Å²) in [6.07, 6.45) is 4.76. The average molecular weight is 280 g/mol. The number of rotatable bonds is 2. The Morgan fingerprint density at radius 1 is 1.42 bits per heavy atom. The second-order valence-corrected chi connectivity index (χ2v) is 8.40. The summed E-state index contributed by atoms with van der Waals surface area (Å²) in [6, 6.07) is 0. The maximum Gasteiger partial charge on any atom is 0.113 e. The standard InChI is InChI=1S/C16H28N2S/c1-11(2)12-7-6-8-16(17,9-12)14-18-13(10-19-14)15(3,4)5/h10-12H,6-9,17H2,1-5H3. The van der Waals surface area contributed by atoms with Gasteiger partial charge in [0.25, 0.3) is 0 Å². The van der Waals surface area contributed by atoms with E-state index >= 15 is 0 Å². The molecular formula is C16H28N2S. The van der Waals surface area contributed by atoms with E-state index in [-0.39, 0.29) is 11.0 Å². The predicted molar refractivity (Wildman–Crippen MR) is 83.5 cm³/mol. The second-order valence-electron chi connectivity index (χ2n) is 7.54. The van der Waals surface area contributed by atoms with E-state index < -0.39 is 0 Å². The van der Waals surface area contributed by atoms with Crippen molar-refractivity contribution in [2.24, 2.45) is 17.6 Å². The van der Waals surface area contributed by atoms with Crippen LogP contribution in [0.15, 0.2) is 5.38 Å². The first-order valence-electron chi connectivity index (χ1n) is 7.48. The van der Waals surface area contributed by atoms with Crippen molar-refractivity contribution in [1.82, 2.24) is 4.98 Å². The maximum absolute atomic E-state index is 6.71. The van der Waals surface area contributed by atoms with Crippen molar-refractivity contribution in [2.45, 2.75) is 71.3 Å². The van der Waals surface area contributed by atoms with Crippen molar-refractivity contribution >= 4 is 11.3 Å². The molecule has 2 nitrogen and oxygen atoms in total. The number of aromatic nitrogens is 1. The summed E-state index contributed by atoms with van der Waals surface area (Å²) < 4.78 is 0. The summed E-state index contributed by atoms with van der Waals surface area (Å²) in [5.41, 5.74) is 7.84.